The molecular weight excluding hydrogens is 434 g/mol. The lowest BCUT2D eigenvalue weighted by Crippen LogP contribution is -2.71. The molecule has 32 heavy (non-hydrogen) atoms. The lowest BCUT2D eigenvalue weighted by Gasteiger charge is -2.44. The fraction of sp³-hybridized carbons (Fsp3) is 0.476. The summed E-state index contributed by atoms with van der Waals surface area (Å²) in [4.78, 5) is 51.1. The summed E-state index contributed by atoms with van der Waals surface area (Å²) in [6.45, 7) is 5.14. The molecule has 0 spiro atoms. The second-order valence-corrected chi connectivity index (χ2v) is 9.95. The van der Waals surface area contributed by atoms with E-state index in [1.165, 1.54) is 16.7 Å². The Kier molecular flexibility index (Phi) is 6.77. The van der Waals surface area contributed by atoms with Crippen LogP contribution in [0.5, 0.6) is 0 Å². The van der Waals surface area contributed by atoms with Crippen LogP contribution in [0.1, 0.15) is 38.8 Å². The first-order valence-electron chi connectivity index (χ1n) is 10.3. The summed E-state index contributed by atoms with van der Waals surface area (Å²) in [7, 11) is 0. The summed E-state index contributed by atoms with van der Waals surface area (Å²) in [5.74, 6) is -2.37. The highest BCUT2D eigenvalue weighted by molar-refractivity contribution is 8.01. The number of amides is 3. The average Bonchev–Trinajstić information content (AvgIpc) is 3.02. The Morgan fingerprint density at radius 3 is 2.50 bits per heavy atom. The van der Waals surface area contributed by atoms with Gasteiger partial charge in [-0.2, -0.15) is 0 Å². The SMILES string of the molecule is CCC(=N)NCC(=O)NC(C(=O)N[C@@H]1C(=O)N2[C@@H]1SC(C)(C)[C@@H]2C(=O)O)c1ccccc1. The highest BCUT2D eigenvalue weighted by atomic mass is 32.2. The van der Waals surface area contributed by atoms with Crippen LogP contribution in [-0.2, 0) is 19.2 Å². The van der Waals surface area contributed by atoms with Crippen LogP contribution in [0.3, 0.4) is 0 Å². The molecule has 2 fully saturated rings. The largest absolute Gasteiger partial charge is 0.480 e. The van der Waals surface area contributed by atoms with Crippen molar-refractivity contribution in [3.63, 3.8) is 0 Å². The van der Waals surface area contributed by atoms with Gasteiger partial charge in [-0.25, -0.2) is 4.79 Å². The van der Waals surface area contributed by atoms with Crippen LogP contribution < -0.4 is 16.0 Å². The third kappa shape index (κ3) is 4.57. The maximum atomic E-state index is 13.1. The van der Waals surface area contributed by atoms with E-state index in [1.54, 1.807) is 51.1 Å². The maximum absolute atomic E-state index is 13.1. The minimum atomic E-state index is -1.08. The number of rotatable bonds is 8. The van der Waals surface area contributed by atoms with E-state index in [0.29, 0.717) is 12.0 Å². The van der Waals surface area contributed by atoms with Crippen molar-refractivity contribution in [3.8, 4) is 0 Å². The number of carbonyl (C=O) groups is 4. The monoisotopic (exact) mass is 461 g/mol. The molecule has 0 radical (unpaired) electrons. The van der Waals surface area contributed by atoms with Gasteiger partial charge >= 0.3 is 5.97 Å². The molecular formula is C21H27N5O5S. The Bertz CT molecular complexity index is 938. The molecule has 2 heterocycles. The van der Waals surface area contributed by atoms with Crippen molar-refractivity contribution in [2.75, 3.05) is 6.54 Å². The molecule has 5 N–H and O–H groups in total. The van der Waals surface area contributed by atoms with Gasteiger partial charge in [-0.05, 0) is 19.4 Å². The van der Waals surface area contributed by atoms with Gasteiger partial charge in [0.15, 0.2) is 0 Å². The summed E-state index contributed by atoms with van der Waals surface area (Å²) < 4.78 is -0.700. The number of β-lactam (4-membered cyclic amide) rings is 1. The van der Waals surface area contributed by atoms with Crippen molar-refractivity contribution in [2.45, 2.75) is 55.4 Å². The number of carboxylic acid groups (broad SMARTS) is 1. The normalized spacial score (nSPS) is 24.0. The molecule has 3 amide bonds. The zero-order valence-corrected chi connectivity index (χ0v) is 18.9. The minimum absolute atomic E-state index is 0.160. The van der Waals surface area contributed by atoms with E-state index in [9.17, 15) is 24.3 Å². The van der Waals surface area contributed by atoms with Gasteiger partial charge < -0.3 is 26.0 Å². The van der Waals surface area contributed by atoms with Crippen LogP contribution in [0.25, 0.3) is 0 Å². The zero-order valence-electron chi connectivity index (χ0n) is 18.0. The lowest BCUT2D eigenvalue weighted by molar-refractivity contribution is -0.161. The second kappa shape index (κ2) is 9.19. The van der Waals surface area contributed by atoms with Crippen LogP contribution in [-0.4, -0.2) is 68.3 Å². The Hall–Kier alpha value is -3.08. The van der Waals surface area contributed by atoms with Crippen LogP contribution in [0.2, 0.25) is 0 Å². The van der Waals surface area contributed by atoms with Crippen LogP contribution >= 0.6 is 11.8 Å². The molecule has 1 aromatic rings. The molecule has 0 aliphatic carbocycles. The van der Waals surface area contributed by atoms with Crippen molar-refractivity contribution in [1.82, 2.24) is 20.9 Å². The number of hydrogen-bond acceptors (Lipinski definition) is 6. The van der Waals surface area contributed by atoms with Gasteiger partial charge in [0.25, 0.3) is 0 Å². The van der Waals surface area contributed by atoms with Gasteiger partial charge in [0.2, 0.25) is 17.7 Å². The Labute approximate surface area is 190 Å². The number of hydrogen-bond donors (Lipinski definition) is 5. The van der Waals surface area contributed by atoms with Crippen molar-refractivity contribution in [3.05, 3.63) is 35.9 Å². The Morgan fingerprint density at radius 2 is 1.91 bits per heavy atom. The molecule has 172 valence electrons. The number of aliphatic carboxylic acids is 1. The maximum Gasteiger partial charge on any atom is 0.327 e. The highest BCUT2D eigenvalue weighted by Gasteiger charge is 2.64. The number of nitrogens with one attached hydrogen (secondary N) is 4. The number of fused-ring (bicyclic) bond motifs is 1. The number of benzene rings is 1. The molecule has 2 aliphatic rings. The first-order chi connectivity index (χ1) is 15.1. The van der Waals surface area contributed by atoms with Gasteiger partial charge in [0, 0.05) is 11.2 Å². The first-order valence-corrected chi connectivity index (χ1v) is 11.1. The molecule has 2 aliphatic heterocycles. The third-order valence-electron chi connectivity index (χ3n) is 5.49. The fourth-order valence-corrected chi connectivity index (χ4v) is 5.48. The summed E-state index contributed by atoms with van der Waals surface area (Å²) in [5, 5.41) is 24.7. The van der Waals surface area contributed by atoms with E-state index in [2.05, 4.69) is 16.0 Å². The zero-order chi connectivity index (χ0) is 23.6. The minimum Gasteiger partial charge on any atom is -0.480 e. The standard InChI is InChI=1S/C21H27N5O5S/c1-4-12(22)23-10-13(27)24-14(11-8-6-5-7-9-11)17(28)25-15-18(29)26-16(20(30)31)21(2,3)32-19(15)26/h5-9,14-16,19H,4,10H2,1-3H3,(H2,22,23)(H,24,27)(H,25,28)(H,30,31)/t14?,15-,16+,19-/m1/s1. The van der Waals surface area contributed by atoms with Crippen LogP contribution in [0, 0.1) is 5.41 Å². The highest BCUT2D eigenvalue weighted by Crippen LogP contribution is 2.50. The number of carboxylic acids is 1. The molecule has 0 bridgehead atoms. The summed E-state index contributed by atoms with van der Waals surface area (Å²) >= 11 is 1.33. The van der Waals surface area contributed by atoms with E-state index in [0.717, 1.165) is 0 Å². The Balaban J connectivity index is 1.72. The van der Waals surface area contributed by atoms with Gasteiger partial charge in [-0.15, -0.1) is 11.8 Å². The molecule has 4 atom stereocenters. The van der Waals surface area contributed by atoms with E-state index in [1.807, 2.05) is 0 Å². The van der Waals surface area contributed by atoms with E-state index in [4.69, 9.17) is 5.41 Å². The number of nitrogens with zero attached hydrogens (tertiary/aromatic N) is 1. The van der Waals surface area contributed by atoms with Crippen molar-refractivity contribution in [1.29, 1.82) is 5.41 Å². The predicted octanol–water partition coefficient (Wildman–Crippen LogP) is 0.452. The third-order valence-corrected chi connectivity index (χ3v) is 7.06. The topological polar surface area (TPSA) is 152 Å². The van der Waals surface area contributed by atoms with Gasteiger partial charge in [-0.1, -0.05) is 37.3 Å². The lowest BCUT2D eigenvalue weighted by atomic mass is 9.95. The first kappa shape index (κ1) is 23.6. The smallest absolute Gasteiger partial charge is 0.327 e. The quantitative estimate of drug-likeness (QED) is 0.214. The van der Waals surface area contributed by atoms with Crippen molar-refractivity contribution < 1.29 is 24.3 Å². The summed E-state index contributed by atoms with van der Waals surface area (Å²) in [6, 6.07) is 5.74. The van der Waals surface area contributed by atoms with Crippen molar-refractivity contribution in [2.24, 2.45) is 0 Å². The average molecular weight is 462 g/mol. The molecule has 11 heteroatoms. The van der Waals surface area contributed by atoms with E-state index >= 15 is 0 Å². The van der Waals surface area contributed by atoms with E-state index < -0.39 is 51.9 Å². The Morgan fingerprint density at radius 1 is 1.25 bits per heavy atom. The molecule has 0 aromatic heterocycles. The summed E-state index contributed by atoms with van der Waals surface area (Å²) in [5.41, 5.74) is 0.537. The van der Waals surface area contributed by atoms with E-state index in [-0.39, 0.29) is 12.4 Å². The molecule has 1 aromatic carbocycles. The van der Waals surface area contributed by atoms with Gasteiger partial charge in [-0.3, -0.25) is 19.8 Å². The number of thioether (sulfide) groups is 1. The van der Waals surface area contributed by atoms with Crippen LogP contribution in [0.4, 0.5) is 0 Å². The fourth-order valence-electron chi connectivity index (χ4n) is 3.85. The summed E-state index contributed by atoms with van der Waals surface area (Å²) in [6.07, 6.45) is 0.447. The molecule has 10 nitrogen and oxygen atoms in total. The molecule has 1 unspecified atom stereocenters. The van der Waals surface area contributed by atoms with Crippen molar-refractivity contribution >= 4 is 41.3 Å². The molecule has 2 saturated heterocycles. The van der Waals surface area contributed by atoms with Gasteiger partial charge in [0.05, 0.1) is 12.4 Å². The molecule has 3 rings (SSSR count). The predicted molar refractivity (Wildman–Crippen MR) is 119 cm³/mol. The number of carbonyl (C=O) groups excluding carboxylic acids is 3. The molecule has 0 saturated carbocycles. The van der Waals surface area contributed by atoms with Crippen LogP contribution in [0.15, 0.2) is 30.3 Å². The van der Waals surface area contributed by atoms with Gasteiger partial charge in [0.1, 0.15) is 23.5 Å². The number of amidine groups is 1. The second-order valence-electron chi connectivity index (χ2n) is 8.18.